The van der Waals surface area contributed by atoms with Gasteiger partial charge < -0.3 is 14.9 Å². The summed E-state index contributed by atoms with van der Waals surface area (Å²) in [5.74, 6) is -0.772. The predicted octanol–water partition coefficient (Wildman–Crippen LogP) is 6.90. The molecule has 41 heavy (non-hydrogen) atoms. The van der Waals surface area contributed by atoms with Gasteiger partial charge in [0.2, 0.25) is 0 Å². The lowest BCUT2D eigenvalue weighted by Gasteiger charge is -2.70. The van der Waals surface area contributed by atoms with Crippen molar-refractivity contribution in [2.45, 2.75) is 119 Å². The highest BCUT2D eigenvalue weighted by molar-refractivity contribution is 5.88. The van der Waals surface area contributed by atoms with Crippen molar-refractivity contribution >= 4 is 17.7 Å². The number of carbonyl (C=O) groups is 3. The maximum Gasteiger partial charge on any atom is 0.333 e. The van der Waals surface area contributed by atoms with E-state index in [1.165, 1.54) is 5.57 Å². The Morgan fingerprint density at radius 2 is 1.71 bits per heavy atom. The fraction of sp³-hybridized carbons (Fsp3) is 0.800. The minimum absolute atomic E-state index is 0.0565. The molecule has 0 unspecified atom stereocenters. The monoisotopic (exact) mass is 568 g/mol. The second kappa shape index (κ2) is 9.53. The molecule has 0 aromatic rings. The van der Waals surface area contributed by atoms with Crippen LogP contribution in [0.3, 0.4) is 0 Å². The number of Topliss-reactive ketones (excluding diaryl/α,β-unsaturated/α-hetero) is 1. The van der Waals surface area contributed by atoms with Crippen molar-refractivity contribution in [3.63, 3.8) is 0 Å². The molecule has 2 N–H and O–H groups in total. The molecule has 6 heteroatoms. The van der Waals surface area contributed by atoms with Crippen molar-refractivity contribution in [1.82, 2.24) is 0 Å². The van der Waals surface area contributed by atoms with Crippen LogP contribution in [-0.2, 0) is 19.1 Å². The molecule has 6 nitrogen and oxygen atoms in total. The minimum atomic E-state index is -1.14. The Kier molecular flexibility index (Phi) is 7.09. The zero-order valence-corrected chi connectivity index (χ0v) is 26.6. The van der Waals surface area contributed by atoms with E-state index in [0.717, 1.165) is 38.5 Å². The number of esters is 1. The summed E-state index contributed by atoms with van der Waals surface area (Å²) in [6, 6.07) is 0. The van der Waals surface area contributed by atoms with Crippen LogP contribution in [0.5, 0.6) is 0 Å². The summed E-state index contributed by atoms with van der Waals surface area (Å²) in [5.41, 5.74) is -0.555. The molecule has 5 aliphatic carbocycles. The standard InChI is InChI=1S/C35H52O6/c1-9-21(2)28(38)41-27-19-30(3,4)18-23-22-10-11-25-31(5)14-13-26(37)32(6,20-36)24(31)12-15-34(25,8)33(22,7)16-17-35(23,27)29(39)40/h9-10,23-25,27,36H,11-20H2,1-8H3,(H,39,40)/t23-,24+,25+,27+,31-,32+,33+,34+,35-/m0/s1. The largest absolute Gasteiger partial charge is 0.481 e. The Balaban J connectivity index is 1.60. The quantitative estimate of drug-likeness (QED) is 0.217. The van der Waals surface area contributed by atoms with Crippen molar-refractivity contribution < 1.29 is 29.3 Å². The Morgan fingerprint density at radius 3 is 2.32 bits per heavy atom. The third-order valence-electron chi connectivity index (χ3n) is 13.9. The van der Waals surface area contributed by atoms with E-state index in [2.05, 4.69) is 40.7 Å². The van der Waals surface area contributed by atoms with Gasteiger partial charge in [0.1, 0.15) is 17.3 Å². The average molecular weight is 569 g/mol. The van der Waals surface area contributed by atoms with E-state index in [1.807, 2.05) is 6.92 Å². The molecule has 5 rings (SSSR count). The maximum atomic E-state index is 13.4. The van der Waals surface area contributed by atoms with Crippen LogP contribution in [0.1, 0.15) is 113 Å². The van der Waals surface area contributed by atoms with Crippen molar-refractivity contribution in [1.29, 1.82) is 0 Å². The van der Waals surface area contributed by atoms with Crippen molar-refractivity contribution in [2.24, 2.45) is 50.2 Å². The van der Waals surface area contributed by atoms with Crippen molar-refractivity contribution in [2.75, 3.05) is 6.61 Å². The lowest BCUT2D eigenvalue weighted by Crippen LogP contribution is -2.67. The summed E-state index contributed by atoms with van der Waals surface area (Å²) in [6.07, 6.45) is 10.0. The van der Waals surface area contributed by atoms with E-state index < -0.39 is 28.9 Å². The molecule has 4 fully saturated rings. The number of carboxylic acids is 1. The molecule has 0 aromatic heterocycles. The van der Waals surface area contributed by atoms with E-state index >= 15 is 0 Å². The molecule has 0 spiro atoms. The Bertz CT molecular complexity index is 1210. The molecule has 0 bridgehead atoms. The molecule has 0 aliphatic heterocycles. The van der Waals surface area contributed by atoms with Crippen LogP contribution < -0.4 is 0 Å². The van der Waals surface area contributed by atoms with Gasteiger partial charge in [0, 0.05) is 17.9 Å². The van der Waals surface area contributed by atoms with Gasteiger partial charge in [-0.05, 0) is 98.7 Å². The number of hydrogen-bond donors (Lipinski definition) is 2. The number of carbonyl (C=O) groups excluding carboxylic acids is 2. The number of fused-ring (bicyclic) bond motifs is 7. The van der Waals surface area contributed by atoms with Crippen LogP contribution in [0.15, 0.2) is 23.3 Å². The fourth-order valence-corrected chi connectivity index (χ4v) is 11.1. The summed E-state index contributed by atoms with van der Waals surface area (Å²) in [6.45, 7) is 17.0. The van der Waals surface area contributed by atoms with E-state index in [1.54, 1.807) is 19.9 Å². The first-order valence-corrected chi connectivity index (χ1v) is 15.9. The number of ether oxygens (including phenoxy) is 1. The summed E-state index contributed by atoms with van der Waals surface area (Å²) in [4.78, 5) is 39.5. The lowest BCUT2D eigenvalue weighted by molar-refractivity contribution is -0.208. The van der Waals surface area contributed by atoms with Gasteiger partial charge in [-0.2, -0.15) is 0 Å². The van der Waals surface area contributed by atoms with Crippen LogP contribution in [-0.4, -0.2) is 40.6 Å². The van der Waals surface area contributed by atoms with Crippen LogP contribution in [0.25, 0.3) is 0 Å². The molecule has 4 saturated carbocycles. The molecular weight excluding hydrogens is 516 g/mol. The molecule has 0 radical (unpaired) electrons. The molecular formula is C35H52O6. The number of rotatable bonds is 4. The number of aliphatic hydroxyl groups is 1. The smallest absolute Gasteiger partial charge is 0.333 e. The van der Waals surface area contributed by atoms with Crippen LogP contribution in [0.2, 0.25) is 0 Å². The van der Waals surface area contributed by atoms with Crippen molar-refractivity contribution in [3.05, 3.63) is 23.3 Å². The van der Waals surface area contributed by atoms with Crippen molar-refractivity contribution in [3.8, 4) is 0 Å². The van der Waals surface area contributed by atoms with Gasteiger partial charge >= 0.3 is 11.9 Å². The van der Waals surface area contributed by atoms with E-state index in [0.29, 0.717) is 30.8 Å². The Morgan fingerprint density at radius 1 is 1.02 bits per heavy atom. The van der Waals surface area contributed by atoms with E-state index in [4.69, 9.17) is 4.74 Å². The number of aliphatic hydroxyl groups excluding tert-OH is 1. The van der Waals surface area contributed by atoms with Gasteiger partial charge in [-0.15, -0.1) is 0 Å². The first-order valence-electron chi connectivity index (χ1n) is 15.9. The minimum Gasteiger partial charge on any atom is -0.481 e. The van der Waals surface area contributed by atoms with E-state index in [-0.39, 0.29) is 45.9 Å². The van der Waals surface area contributed by atoms with Gasteiger partial charge in [-0.25, -0.2) is 4.79 Å². The first-order chi connectivity index (χ1) is 19.0. The number of ketones is 1. The van der Waals surface area contributed by atoms with Gasteiger partial charge in [-0.3, -0.25) is 9.59 Å². The van der Waals surface area contributed by atoms with Gasteiger partial charge in [0.15, 0.2) is 0 Å². The second-order valence-corrected chi connectivity index (χ2v) is 16.1. The van der Waals surface area contributed by atoms with Crippen LogP contribution >= 0.6 is 0 Å². The molecule has 5 aliphatic rings. The molecule has 0 amide bonds. The molecule has 0 heterocycles. The predicted molar refractivity (Wildman–Crippen MR) is 158 cm³/mol. The number of allylic oxidation sites excluding steroid dienone is 3. The summed E-state index contributed by atoms with van der Waals surface area (Å²) >= 11 is 0. The summed E-state index contributed by atoms with van der Waals surface area (Å²) in [7, 11) is 0. The van der Waals surface area contributed by atoms with Gasteiger partial charge in [0.25, 0.3) is 0 Å². The third kappa shape index (κ3) is 3.94. The number of hydrogen-bond acceptors (Lipinski definition) is 5. The lowest BCUT2D eigenvalue weighted by atomic mass is 9.33. The van der Waals surface area contributed by atoms with E-state index in [9.17, 15) is 24.6 Å². The highest BCUT2D eigenvalue weighted by Gasteiger charge is 2.71. The fourth-order valence-electron chi connectivity index (χ4n) is 11.1. The number of carboxylic acid groups (broad SMARTS) is 1. The zero-order chi connectivity index (χ0) is 30.4. The van der Waals surface area contributed by atoms with Crippen LogP contribution in [0.4, 0.5) is 0 Å². The normalized spacial score (nSPS) is 47.2. The highest BCUT2D eigenvalue weighted by Crippen LogP contribution is 2.75. The van der Waals surface area contributed by atoms with Gasteiger partial charge in [-0.1, -0.05) is 59.3 Å². The SMILES string of the molecule is CC=C(C)C(=O)O[C@@H]1CC(C)(C)C[C@H]2C3=CC[C@@H]4[C@@]5(C)CCC(=O)[C@](C)(CO)[C@@H]5CC[C@@]4(C)[C@]3(C)CC[C@@]12C(=O)O. The summed E-state index contributed by atoms with van der Waals surface area (Å²) < 4.78 is 6.12. The highest BCUT2D eigenvalue weighted by atomic mass is 16.5. The third-order valence-corrected chi connectivity index (χ3v) is 13.9. The Labute approximate surface area is 246 Å². The van der Waals surface area contributed by atoms with Crippen LogP contribution in [0, 0.1) is 50.2 Å². The number of aliphatic carboxylic acids is 1. The zero-order valence-electron chi connectivity index (χ0n) is 26.6. The summed E-state index contributed by atoms with van der Waals surface area (Å²) in [5, 5.41) is 21.4. The topological polar surface area (TPSA) is 101 Å². The maximum absolute atomic E-state index is 13.4. The first kappa shape index (κ1) is 30.5. The molecule has 0 aromatic carbocycles. The second-order valence-electron chi connectivity index (χ2n) is 16.1. The molecule has 9 atom stereocenters. The molecule has 0 saturated heterocycles. The van der Waals surface area contributed by atoms with Gasteiger partial charge in [0.05, 0.1) is 12.0 Å². The Hall–Kier alpha value is -1.95. The molecule has 228 valence electrons. The average Bonchev–Trinajstić information content (AvgIpc) is 2.90.